The molecule has 1 aliphatic heterocycles. The predicted octanol–water partition coefficient (Wildman–Crippen LogP) is 3.14. The number of methoxy groups -OCH3 is 1. The van der Waals surface area contributed by atoms with Crippen LogP contribution < -0.4 is 15.0 Å². The maximum Gasteiger partial charge on any atom is 0.229 e. The van der Waals surface area contributed by atoms with Crippen molar-refractivity contribution in [3.05, 3.63) is 48.8 Å². The SMILES string of the molecule is COc1ccc2nc(N3CCCC(C(=O)Nc4ccc(-n5cnnn5)cc4)C3)sc2c1. The van der Waals surface area contributed by atoms with Crippen LogP contribution >= 0.6 is 11.3 Å². The Hall–Kier alpha value is -3.53. The molecule has 1 atom stereocenters. The van der Waals surface area contributed by atoms with Gasteiger partial charge in [-0.25, -0.2) is 9.67 Å². The van der Waals surface area contributed by atoms with Gasteiger partial charge in [-0.1, -0.05) is 11.3 Å². The number of piperidine rings is 1. The lowest BCUT2D eigenvalue weighted by atomic mass is 9.97. The monoisotopic (exact) mass is 435 g/mol. The summed E-state index contributed by atoms with van der Waals surface area (Å²) >= 11 is 1.64. The van der Waals surface area contributed by atoms with E-state index in [1.165, 1.54) is 6.33 Å². The number of thiazole rings is 1. The summed E-state index contributed by atoms with van der Waals surface area (Å²) in [5.74, 6) is 0.766. The highest BCUT2D eigenvalue weighted by atomic mass is 32.1. The summed E-state index contributed by atoms with van der Waals surface area (Å²) in [6, 6.07) is 13.4. The van der Waals surface area contributed by atoms with Crippen LogP contribution in [0.2, 0.25) is 0 Å². The molecule has 0 saturated carbocycles. The Labute approximate surface area is 182 Å². The van der Waals surface area contributed by atoms with Gasteiger partial charge in [-0.2, -0.15) is 0 Å². The second-order valence-electron chi connectivity index (χ2n) is 7.41. The lowest BCUT2D eigenvalue weighted by molar-refractivity contribution is -0.120. The van der Waals surface area contributed by atoms with Crippen molar-refractivity contribution in [2.24, 2.45) is 5.92 Å². The van der Waals surface area contributed by atoms with Gasteiger partial charge in [0.05, 0.1) is 28.9 Å². The molecule has 0 spiro atoms. The third-order valence-electron chi connectivity index (χ3n) is 5.40. The molecule has 31 heavy (non-hydrogen) atoms. The molecule has 5 rings (SSSR count). The zero-order valence-corrected chi connectivity index (χ0v) is 17.7. The van der Waals surface area contributed by atoms with E-state index in [9.17, 15) is 4.79 Å². The van der Waals surface area contributed by atoms with Crippen molar-refractivity contribution in [1.29, 1.82) is 0 Å². The fourth-order valence-electron chi connectivity index (χ4n) is 3.74. The summed E-state index contributed by atoms with van der Waals surface area (Å²) in [5, 5.41) is 15.1. The molecule has 158 valence electrons. The molecule has 1 N–H and O–H groups in total. The number of fused-ring (bicyclic) bond motifs is 1. The first kappa shape index (κ1) is 19.4. The average molecular weight is 436 g/mol. The average Bonchev–Trinajstić information content (AvgIpc) is 3.49. The summed E-state index contributed by atoms with van der Waals surface area (Å²) < 4.78 is 7.97. The first-order valence-electron chi connectivity index (χ1n) is 10.0. The van der Waals surface area contributed by atoms with Crippen molar-refractivity contribution in [3.8, 4) is 11.4 Å². The number of rotatable bonds is 5. The Bertz CT molecular complexity index is 1190. The van der Waals surface area contributed by atoms with Crippen LogP contribution in [-0.4, -0.2) is 51.3 Å². The molecule has 4 aromatic rings. The molecule has 1 unspecified atom stereocenters. The number of carbonyl (C=O) groups excluding carboxylic acids is 1. The van der Waals surface area contributed by atoms with Gasteiger partial charge in [0.2, 0.25) is 5.91 Å². The number of carbonyl (C=O) groups is 1. The largest absolute Gasteiger partial charge is 0.497 e. The lowest BCUT2D eigenvalue weighted by Crippen LogP contribution is -2.40. The Morgan fingerprint density at radius 1 is 1.23 bits per heavy atom. The minimum atomic E-state index is -0.0884. The standard InChI is InChI=1S/C21H21N7O2S/c1-30-17-8-9-18-19(11-17)31-21(24-18)27-10-2-3-14(12-27)20(29)23-15-4-6-16(7-5-15)28-13-22-25-26-28/h4-9,11,13-14H,2-3,10,12H2,1H3,(H,23,29). The van der Waals surface area contributed by atoms with Crippen LogP contribution in [0.4, 0.5) is 10.8 Å². The molecule has 0 bridgehead atoms. The van der Waals surface area contributed by atoms with E-state index in [4.69, 9.17) is 9.72 Å². The molecule has 3 heterocycles. The molecule has 1 fully saturated rings. The zero-order chi connectivity index (χ0) is 21.2. The number of tetrazole rings is 1. The van der Waals surface area contributed by atoms with Crippen LogP contribution in [0.5, 0.6) is 5.75 Å². The van der Waals surface area contributed by atoms with Gasteiger partial charge in [0.1, 0.15) is 12.1 Å². The number of benzene rings is 2. The van der Waals surface area contributed by atoms with Crippen molar-refractivity contribution >= 4 is 38.3 Å². The number of amides is 1. The summed E-state index contributed by atoms with van der Waals surface area (Å²) in [6.07, 6.45) is 3.35. The molecular weight excluding hydrogens is 414 g/mol. The lowest BCUT2D eigenvalue weighted by Gasteiger charge is -2.31. The van der Waals surface area contributed by atoms with Crippen molar-refractivity contribution < 1.29 is 9.53 Å². The van der Waals surface area contributed by atoms with Crippen LogP contribution in [0, 0.1) is 5.92 Å². The number of nitrogens with zero attached hydrogens (tertiary/aromatic N) is 6. The molecule has 1 amide bonds. The fraction of sp³-hybridized carbons (Fsp3) is 0.286. The third kappa shape index (κ3) is 4.06. The minimum absolute atomic E-state index is 0.0302. The molecule has 0 radical (unpaired) electrons. The van der Waals surface area contributed by atoms with E-state index >= 15 is 0 Å². The van der Waals surface area contributed by atoms with Gasteiger partial charge in [-0.3, -0.25) is 4.79 Å². The molecular formula is C21H21N7O2S. The third-order valence-corrected chi connectivity index (χ3v) is 6.47. The van der Waals surface area contributed by atoms with Gasteiger partial charge >= 0.3 is 0 Å². The Morgan fingerprint density at radius 3 is 2.87 bits per heavy atom. The van der Waals surface area contributed by atoms with Crippen LogP contribution in [0.1, 0.15) is 12.8 Å². The van der Waals surface area contributed by atoms with E-state index in [1.54, 1.807) is 23.1 Å². The molecule has 10 heteroatoms. The number of aromatic nitrogens is 5. The highest BCUT2D eigenvalue weighted by Gasteiger charge is 2.27. The second-order valence-corrected chi connectivity index (χ2v) is 8.41. The highest BCUT2D eigenvalue weighted by Crippen LogP contribution is 2.33. The molecule has 2 aromatic heterocycles. The second kappa shape index (κ2) is 8.31. The van der Waals surface area contributed by atoms with Crippen LogP contribution in [-0.2, 0) is 4.79 Å². The van der Waals surface area contributed by atoms with Gasteiger partial charge in [0.15, 0.2) is 5.13 Å². The van der Waals surface area contributed by atoms with E-state index in [-0.39, 0.29) is 11.8 Å². The predicted molar refractivity (Wildman–Crippen MR) is 119 cm³/mol. The highest BCUT2D eigenvalue weighted by molar-refractivity contribution is 7.22. The smallest absolute Gasteiger partial charge is 0.229 e. The maximum absolute atomic E-state index is 12.9. The minimum Gasteiger partial charge on any atom is -0.497 e. The van der Waals surface area contributed by atoms with E-state index in [0.717, 1.165) is 51.9 Å². The Morgan fingerprint density at radius 2 is 2.10 bits per heavy atom. The normalized spacial score (nSPS) is 16.4. The van der Waals surface area contributed by atoms with Gasteiger partial charge in [0, 0.05) is 18.8 Å². The number of hydrogen-bond acceptors (Lipinski definition) is 8. The molecule has 2 aromatic carbocycles. The first-order chi connectivity index (χ1) is 15.2. The van der Waals surface area contributed by atoms with Gasteiger partial charge < -0.3 is 15.0 Å². The Kier molecular flexibility index (Phi) is 5.21. The van der Waals surface area contributed by atoms with E-state index in [1.807, 2.05) is 42.5 Å². The quantitative estimate of drug-likeness (QED) is 0.514. The number of nitrogens with one attached hydrogen (secondary N) is 1. The number of anilines is 2. The molecule has 1 aliphatic rings. The summed E-state index contributed by atoms with van der Waals surface area (Å²) in [7, 11) is 1.66. The van der Waals surface area contributed by atoms with Crippen molar-refractivity contribution in [1.82, 2.24) is 25.2 Å². The first-order valence-corrected chi connectivity index (χ1v) is 10.8. The van der Waals surface area contributed by atoms with Crippen LogP contribution in [0.15, 0.2) is 48.8 Å². The van der Waals surface area contributed by atoms with Crippen molar-refractivity contribution in [2.75, 3.05) is 30.4 Å². The van der Waals surface area contributed by atoms with E-state index in [2.05, 4.69) is 25.7 Å². The summed E-state index contributed by atoms with van der Waals surface area (Å²) in [5.41, 5.74) is 2.54. The van der Waals surface area contributed by atoms with Gasteiger partial charge in [0.25, 0.3) is 0 Å². The number of hydrogen-bond donors (Lipinski definition) is 1. The molecule has 0 aliphatic carbocycles. The van der Waals surface area contributed by atoms with Gasteiger partial charge in [-0.15, -0.1) is 5.10 Å². The zero-order valence-electron chi connectivity index (χ0n) is 16.9. The van der Waals surface area contributed by atoms with Crippen molar-refractivity contribution in [2.45, 2.75) is 12.8 Å². The van der Waals surface area contributed by atoms with Crippen LogP contribution in [0.3, 0.4) is 0 Å². The summed E-state index contributed by atoms with van der Waals surface area (Å²) in [6.45, 7) is 1.56. The number of ether oxygens (including phenoxy) is 1. The van der Waals surface area contributed by atoms with Gasteiger partial charge in [-0.05, 0) is 65.7 Å². The van der Waals surface area contributed by atoms with Crippen molar-refractivity contribution in [3.63, 3.8) is 0 Å². The topological polar surface area (TPSA) is 98.1 Å². The molecule has 1 saturated heterocycles. The molecule has 9 nitrogen and oxygen atoms in total. The van der Waals surface area contributed by atoms with E-state index in [0.29, 0.717) is 6.54 Å². The fourth-order valence-corrected chi connectivity index (χ4v) is 4.77. The summed E-state index contributed by atoms with van der Waals surface area (Å²) in [4.78, 5) is 19.9. The van der Waals surface area contributed by atoms with Crippen LogP contribution in [0.25, 0.3) is 15.9 Å². The maximum atomic E-state index is 12.9. The Balaban J connectivity index is 1.26. The van der Waals surface area contributed by atoms with E-state index < -0.39 is 0 Å².